The molecule has 1 aromatic carbocycles. The van der Waals surface area contributed by atoms with Gasteiger partial charge in [-0.2, -0.15) is 13.2 Å². The van der Waals surface area contributed by atoms with Gasteiger partial charge >= 0.3 is 6.18 Å². The fourth-order valence-corrected chi connectivity index (χ4v) is 3.83. The van der Waals surface area contributed by atoms with E-state index < -0.39 is 17.8 Å². The van der Waals surface area contributed by atoms with Crippen LogP contribution in [0.3, 0.4) is 0 Å². The Morgan fingerprint density at radius 3 is 2.30 bits per heavy atom. The number of rotatable bonds is 5. The van der Waals surface area contributed by atoms with E-state index in [1.54, 1.807) is 59.1 Å². The molecule has 0 unspecified atom stereocenters. The Morgan fingerprint density at radius 1 is 1.06 bits per heavy atom. The van der Waals surface area contributed by atoms with Crippen LogP contribution in [0.5, 0.6) is 0 Å². The molecule has 1 amide bonds. The van der Waals surface area contributed by atoms with E-state index in [-0.39, 0.29) is 5.91 Å². The molecule has 1 N–H and O–H groups in total. The van der Waals surface area contributed by atoms with Gasteiger partial charge in [0.2, 0.25) is 0 Å². The third-order valence-corrected chi connectivity index (χ3v) is 5.40. The van der Waals surface area contributed by atoms with Gasteiger partial charge in [-0.15, -0.1) is 0 Å². The lowest BCUT2D eigenvalue weighted by molar-refractivity contribution is -0.137. The highest BCUT2D eigenvalue weighted by molar-refractivity contribution is 9.10. The molecule has 11 heteroatoms. The maximum atomic E-state index is 13.3. The molecule has 0 spiro atoms. The SMILES string of the molecule is Cc1nc(N[C@H](C)c2cc(Br)cc(C(F)(F)F)c2)c2cc(C(=O)N(C)C)c(N(C)C)nc2n1. The summed E-state index contributed by atoms with van der Waals surface area (Å²) in [6.45, 7) is 3.44. The summed E-state index contributed by atoms with van der Waals surface area (Å²) in [7, 11) is 6.84. The van der Waals surface area contributed by atoms with Crippen molar-refractivity contribution in [3.63, 3.8) is 0 Å². The molecule has 1 atom stereocenters. The Bertz CT molecular complexity index is 1210. The zero-order chi connectivity index (χ0) is 24.7. The van der Waals surface area contributed by atoms with Crippen molar-refractivity contribution in [1.82, 2.24) is 19.9 Å². The first-order valence-electron chi connectivity index (χ1n) is 10.0. The Balaban J connectivity index is 2.12. The number of hydrogen-bond donors (Lipinski definition) is 1. The Kier molecular flexibility index (Phi) is 6.83. The maximum absolute atomic E-state index is 13.3. The van der Waals surface area contributed by atoms with Crippen molar-refractivity contribution in [2.24, 2.45) is 0 Å². The number of hydrogen-bond acceptors (Lipinski definition) is 6. The number of halogens is 4. The molecule has 0 aliphatic heterocycles. The smallest absolute Gasteiger partial charge is 0.363 e. The lowest BCUT2D eigenvalue weighted by Gasteiger charge is -2.21. The summed E-state index contributed by atoms with van der Waals surface area (Å²) < 4.78 is 40.2. The number of benzene rings is 1. The maximum Gasteiger partial charge on any atom is 0.416 e. The number of fused-ring (bicyclic) bond motifs is 1. The molecule has 2 aromatic heterocycles. The van der Waals surface area contributed by atoms with Crippen molar-refractivity contribution in [2.45, 2.75) is 26.1 Å². The summed E-state index contributed by atoms with van der Waals surface area (Å²) >= 11 is 3.16. The summed E-state index contributed by atoms with van der Waals surface area (Å²) in [5, 5.41) is 3.67. The number of carbonyl (C=O) groups excluding carboxylic acids is 1. The van der Waals surface area contributed by atoms with Gasteiger partial charge in [0.15, 0.2) is 5.65 Å². The predicted octanol–water partition coefficient (Wildman–Crippen LogP) is 5.06. The highest BCUT2D eigenvalue weighted by atomic mass is 79.9. The second-order valence-corrected chi connectivity index (χ2v) is 9.00. The average molecular weight is 525 g/mol. The van der Waals surface area contributed by atoms with E-state index in [2.05, 4.69) is 36.2 Å². The number of aromatic nitrogens is 3. The Hall–Kier alpha value is -2.95. The summed E-state index contributed by atoms with van der Waals surface area (Å²) in [5.74, 6) is 1.03. The van der Waals surface area contributed by atoms with Crippen LogP contribution < -0.4 is 10.2 Å². The molecule has 0 radical (unpaired) electrons. The molecule has 7 nitrogen and oxygen atoms in total. The van der Waals surface area contributed by atoms with Gasteiger partial charge in [0.05, 0.1) is 22.6 Å². The fraction of sp³-hybridized carbons (Fsp3) is 0.364. The lowest BCUT2D eigenvalue weighted by atomic mass is 10.0. The topological polar surface area (TPSA) is 74.2 Å². The summed E-state index contributed by atoms with van der Waals surface area (Å²) in [5.41, 5.74) is 0.410. The van der Waals surface area contributed by atoms with E-state index in [9.17, 15) is 18.0 Å². The minimum atomic E-state index is -4.47. The molecule has 0 saturated heterocycles. The predicted molar refractivity (Wildman–Crippen MR) is 126 cm³/mol. The molecule has 176 valence electrons. The van der Waals surface area contributed by atoms with Gasteiger partial charge in [0.25, 0.3) is 5.91 Å². The first kappa shape index (κ1) is 24.7. The number of alkyl halides is 3. The molecule has 3 rings (SSSR count). The first-order valence-corrected chi connectivity index (χ1v) is 10.8. The van der Waals surface area contributed by atoms with Crippen LogP contribution in [0.4, 0.5) is 24.8 Å². The largest absolute Gasteiger partial charge is 0.416 e. The van der Waals surface area contributed by atoms with Gasteiger partial charge in [-0.05, 0) is 43.7 Å². The molecule has 0 saturated carbocycles. The van der Waals surface area contributed by atoms with Crippen LogP contribution in [-0.2, 0) is 6.18 Å². The molecule has 0 aliphatic rings. The molecule has 2 heterocycles. The second kappa shape index (κ2) is 9.12. The van der Waals surface area contributed by atoms with Crippen LogP contribution in [0.2, 0.25) is 0 Å². The number of nitrogens with zero attached hydrogens (tertiary/aromatic N) is 5. The first-order chi connectivity index (χ1) is 15.3. The monoisotopic (exact) mass is 524 g/mol. The van der Waals surface area contributed by atoms with Gasteiger partial charge in [-0.1, -0.05) is 15.9 Å². The Morgan fingerprint density at radius 2 is 1.73 bits per heavy atom. The van der Waals surface area contributed by atoms with Crippen LogP contribution in [0.1, 0.15) is 40.3 Å². The number of pyridine rings is 1. The lowest BCUT2D eigenvalue weighted by Crippen LogP contribution is -2.25. The average Bonchev–Trinajstić information content (AvgIpc) is 2.70. The minimum absolute atomic E-state index is 0.241. The van der Waals surface area contributed by atoms with Crippen LogP contribution in [0, 0.1) is 6.92 Å². The minimum Gasteiger partial charge on any atom is -0.363 e. The zero-order valence-electron chi connectivity index (χ0n) is 19.0. The highest BCUT2D eigenvalue weighted by Crippen LogP contribution is 2.35. The van der Waals surface area contributed by atoms with Crippen LogP contribution in [-0.4, -0.2) is 53.9 Å². The fourth-order valence-electron chi connectivity index (χ4n) is 3.32. The van der Waals surface area contributed by atoms with Gasteiger partial charge in [-0.25, -0.2) is 15.0 Å². The number of amides is 1. The zero-order valence-corrected chi connectivity index (χ0v) is 20.6. The number of nitrogens with one attached hydrogen (secondary N) is 1. The molecule has 3 aromatic rings. The normalized spacial score (nSPS) is 12.5. The van der Waals surface area contributed by atoms with Gasteiger partial charge in [0.1, 0.15) is 17.5 Å². The van der Waals surface area contributed by atoms with Crippen LogP contribution in [0.25, 0.3) is 11.0 Å². The van der Waals surface area contributed by atoms with Crippen molar-refractivity contribution in [2.75, 3.05) is 38.4 Å². The number of aryl methyl sites for hydroxylation is 1. The van der Waals surface area contributed by atoms with Crippen molar-refractivity contribution in [3.8, 4) is 0 Å². The van der Waals surface area contributed by atoms with Crippen molar-refractivity contribution >= 4 is 44.5 Å². The van der Waals surface area contributed by atoms with Crippen molar-refractivity contribution in [3.05, 3.63) is 51.3 Å². The highest BCUT2D eigenvalue weighted by Gasteiger charge is 2.31. The summed E-state index contributed by atoms with van der Waals surface area (Å²) in [6.07, 6.45) is -4.47. The summed E-state index contributed by atoms with van der Waals surface area (Å²) in [4.78, 5) is 29.4. The van der Waals surface area contributed by atoms with E-state index in [1.165, 1.54) is 4.90 Å². The summed E-state index contributed by atoms with van der Waals surface area (Å²) in [6, 6.07) is 4.89. The number of anilines is 2. The van der Waals surface area contributed by atoms with Crippen molar-refractivity contribution in [1.29, 1.82) is 0 Å². The van der Waals surface area contributed by atoms with Gasteiger partial charge in [0, 0.05) is 32.7 Å². The van der Waals surface area contributed by atoms with E-state index >= 15 is 0 Å². The van der Waals surface area contributed by atoms with Crippen LogP contribution >= 0.6 is 15.9 Å². The van der Waals surface area contributed by atoms with Gasteiger partial charge < -0.3 is 15.1 Å². The van der Waals surface area contributed by atoms with Crippen LogP contribution in [0.15, 0.2) is 28.7 Å². The number of carbonyl (C=O) groups is 1. The van der Waals surface area contributed by atoms with E-state index in [0.717, 1.165) is 12.1 Å². The third-order valence-electron chi connectivity index (χ3n) is 4.94. The van der Waals surface area contributed by atoms with E-state index in [4.69, 9.17) is 0 Å². The molecule has 0 fully saturated rings. The molecule has 33 heavy (non-hydrogen) atoms. The molecule has 0 bridgehead atoms. The van der Waals surface area contributed by atoms with E-state index in [0.29, 0.717) is 44.1 Å². The molecular formula is C22H24BrF3N6O. The quantitative estimate of drug-likeness (QED) is 0.503. The van der Waals surface area contributed by atoms with Gasteiger partial charge in [-0.3, -0.25) is 4.79 Å². The molecular weight excluding hydrogens is 501 g/mol. The van der Waals surface area contributed by atoms with Crippen molar-refractivity contribution < 1.29 is 18.0 Å². The van der Waals surface area contributed by atoms with E-state index in [1.807, 2.05) is 0 Å². The Labute approximate surface area is 198 Å². The second-order valence-electron chi connectivity index (χ2n) is 8.08. The third kappa shape index (κ3) is 5.35. The standard InChI is InChI=1S/C22H24BrF3N6O/c1-11(13-7-14(22(24,25)26)9-15(23)8-13)27-18-16-10-17(21(33)32(5)6)20(31(3)4)30-19(16)29-12(2)28-18/h7-11H,1-6H3,(H,27,28,29,30)/t11-/m1/s1. The molecule has 0 aliphatic carbocycles.